The van der Waals surface area contributed by atoms with E-state index < -0.39 is 0 Å². The Kier molecular flexibility index (Phi) is 6.83. The number of benzene rings is 3. The van der Waals surface area contributed by atoms with E-state index in [1.165, 1.54) is 23.3 Å². The molecule has 3 fully saturated rings. The van der Waals surface area contributed by atoms with Crippen molar-refractivity contribution in [3.8, 4) is 5.75 Å². The molecule has 3 saturated heterocycles. The van der Waals surface area contributed by atoms with E-state index in [9.17, 15) is 9.18 Å². The molecule has 5 nitrogen and oxygen atoms in total. The van der Waals surface area contributed by atoms with Crippen LogP contribution in [0.5, 0.6) is 5.75 Å². The van der Waals surface area contributed by atoms with Crippen molar-refractivity contribution in [2.45, 2.75) is 45.3 Å². The lowest BCUT2D eigenvalue weighted by molar-refractivity contribution is -0.945. The number of carbonyl (C=O) groups is 1. The lowest BCUT2D eigenvalue weighted by atomic mass is 9.83. The molecule has 6 heteroatoms. The number of fused-ring (bicyclic) bond motifs is 4. The fraction of sp³-hybridized carbons (Fsp3) is 0.406. The quantitative estimate of drug-likeness (QED) is 0.359. The van der Waals surface area contributed by atoms with E-state index >= 15 is 0 Å². The van der Waals surface area contributed by atoms with Crippen molar-refractivity contribution in [2.75, 3.05) is 37.7 Å². The third-order valence-corrected chi connectivity index (χ3v) is 8.71. The zero-order valence-electron chi connectivity index (χ0n) is 22.1. The number of ether oxygens (including phenoxy) is 2. The van der Waals surface area contributed by atoms with Crippen LogP contribution in [0.25, 0.3) is 0 Å². The van der Waals surface area contributed by atoms with Crippen LogP contribution in [0.3, 0.4) is 0 Å². The van der Waals surface area contributed by atoms with Crippen LogP contribution in [0, 0.1) is 18.7 Å². The van der Waals surface area contributed by atoms with E-state index in [0.29, 0.717) is 12.5 Å². The average molecular weight is 516 g/mol. The molecule has 0 N–H and O–H groups in total. The summed E-state index contributed by atoms with van der Waals surface area (Å²) in [6, 6.07) is 20.9. The van der Waals surface area contributed by atoms with Gasteiger partial charge in [0.2, 0.25) is 0 Å². The largest absolute Gasteiger partial charge is 0.493 e. The number of amides is 1. The molecular formula is C32H36FN2O3+. The molecule has 38 heavy (non-hydrogen) atoms. The molecule has 7 rings (SSSR count). The van der Waals surface area contributed by atoms with Crippen LogP contribution in [-0.2, 0) is 24.1 Å². The molecular weight excluding hydrogens is 479 g/mol. The highest BCUT2D eigenvalue weighted by molar-refractivity contribution is 5.87. The van der Waals surface area contributed by atoms with Crippen LogP contribution in [-0.4, -0.2) is 49.5 Å². The smallest absolute Gasteiger partial charge is 0.415 e. The third kappa shape index (κ3) is 5.28. The fourth-order valence-electron chi connectivity index (χ4n) is 6.45. The van der Waals surface area contributed by atoms with Gasteiger partial charge in [-0.25, -0.2) is 9.18 Å². The number of quaternary nitrogens is 1. The molecule has 4 aliphatic heterocycles. The first-order valence-corrected chi connectivity index (χ1v) is 13.9. The van der Waals surface area contributed by atoms with Crippen molar-refractivity contribution in [3.05, 3.63) is 94.8 Å². The molecule has 3 aromatic rings. The van der Waals surface area contributed by atoms with E-state index in [1.54, 1.807) is 17.0 Å². The molecule has 0 spiro atoms. The van der Waals surface area contributed by atoms with Gasteiger partial charge in [-0.15, -0.1) is 0 Å². The maximum Gasteiger partial charge on any atom is 0.415 e. The first kappa shape index (κ1) is 24.9. The van der Waals surface area contributed by atoms with Crippen molar-refractivity contribution in [1.29, 1.82) is 0 Å². The monoisotopic (exact) mass is 515 g/mol. The van der Waals surface area contributed by atoms with Gasteiger partial charge in [0.1, 0.15) is 18.1 Å². The lowest BCUT2D eigenvalue weighted by Gasteiger charge is -2.52. The van der Waals surface area contributed by atoms with Crippen LogP contribution in [0.4, 0.5) is 14.9 Å². The summed E-state index contributed by atoms with van der Waals surface area (Å²) in [6.45, 7) is 7.39. The van der Waals surface area contributed by atoms with Crippen molar-refractivity contribution in [1.82, 2.24) is 0 Å². The van der Waals surface area contributed by atoms with Crippen LogP contribution in [0.15, 0.2) is 66.7 Å². The van der Waals surface area contributed by atoms with E-state index in [-0.39, 0.29) is 18.0 Å². The number of halogens is 1. The van der Waals surface area contributed by atoms with Crippen molar-refractivity contribution >= 4 is 11.8 Å². The molecule has 2 bridgehead atoms. The first-order chi connectivity index (χ1) is 18.5. The fourth-order valence-corrected chi connectivity index (χ4v) is 6.45. The zero-order chi connectivity index (χ0) is 26.1. The molecule has 0 saturated carbocycles. The Balaban J connectivity index is 1.16. The van der Waals surface area contributed by atoms with Crippen LogP contribution in [0.2, 0.25) is 0 Å². The second-order valence-electron chi connectivity index (χ2n) is 11.3. The van der Waals surface area contributed by atoms with E-state index in [2.05, 4.69) is 18.2 Å². The predicted molar refractivity (Wildman–Crippen MR) is 146 cm³/mol. The summed E-state index contributed by atoms with van der Waals surface area (Å²) in [5.74, 6) is 1.17. The topological polar surface area (TPSA) is 38.8 Å². The molecule has 0 radical (unpaired) electrons. The Morgan fingerprint density at radius 3 is 2.63 bits per heavy atom. The molecule has 1 atom stereocenters. The van der Waals surface area contributed by atoms with Crippen LogP contribution < -0.4 is 9.64 Å². The maximum absolute atomic E-state index is 13.7. The number of carbonyl (C=O) groups excluding carboxylic acids is 1. The van der Waals surface area contributed by atoms with E-state index in [0.717, 1.165) is 85.5 Å². The number of hydrogen-bond acceptors (Lipinski definition) is 3. The van der Waals surface area contributed by atoms with Gasteiger partial charge in [0.05, 0.1) is 32.8 Å². The SMILES string of the molecule is Cc1cccc(N(Cc2ccc(F)cc2)C(=O)O[C@H]2C[N+]3(CCc4ccc5c(c4)CCO5)CCC2CC3)c1. The van der Waals surface area contributed by atoms with Gasteiger partial charge in [-0.3, -0.25) is 4.90 Å². The minimum Gasteiger partial charge on any atom is -0.493 e. The second-order valence-corrected chi connectivity index (χ2v) is 11.3. The van der Waals surface area contributed by atoms with Gasteiger partial charge in [-0.1, -0.05) is 36.4 Å². The van der Waals surface area contributed by atoms with Crippen LogP contribution in [0.1, 0.15) is 35.1 Å². The van der Waals surface area contributed by atoms with Gasteiger partial charge in [0, 0.05) is 37.3 Å². The Bertz CT molecular complexity index is 1300. The average Bonchev–Trinajstić information content (AvgIpc) is 3.40. The Morgan fingerprint density at radius 1 is 1.05 bits per heavy atom. The van der Waals surface area contributed by atoms with Gasteiger partial charge in [0.15, 0.2) is 6.10 Å². The third-order valence-electron chi connectivity index (χ3n) is 8.71. The normalized spacial score (nSPS) is 23.5. The summed E-state index contributed by atoms with van der Waals surface area (Å²) in [4.78, 5) is 15.4. The van der Waals surface area contributed by atoms with Crippen molar-refractivity contribution in [3.63, 3.8) is 0 Å². The molecule has 4 aliphatic rings. The van der Waals surface area contributed by atoms with Gasteiger partial charge in [-0.2, -0.15) is 0 Å². The molecule has 198 valence electrons. The summed E-state index contributed by atoms with van der Waals surface area (Å²) in [6.07, 6.45) is 3.81. The standard InChI is InChI=1S/C32H36FN2O3/c1-23-3-2-4-29(19-23)34(21-25-5-8-28(33)9-6-25)32(36)38-31-22-35(16-12-26(31)13-17-35)15-11-24-7-10-30-27(20-24)14-18-37-30/h2-10,19-20,26,31H,11-18,21-22H2,1H3/q+1/t26?,31-,35?/m0/s1. The molecule has 0 unspecified atom stereocenters. The van der Waals surface area contributed by atoms with Crippen LogP contribution >= 0.6 is 0 Å². The van der Waals surface area contributed by atoms with E-state index in [1.807, 2.05) is 31.2 Å². The minimum atomic E-state index is -0.324. The van der Waals surface area contributed by atoms with Gasteiger partial charge in [0.25, 0.3) is 0 Å². The Morgan fingerprint density at radius 2 is 1.84 bits per heavy atom. The highest BCUT2D eigenvalue weighted by atomic mass is 19.1. The minimum absolute atomic E-state index is 0.0843. The maximum atomic E-state index is 13.7. The number of hydrogen-bond donors (Lipinski definition) is 0. The summed E-state index contributed by atoms with van der Waals surface area (Å²) >= 11 is 0. The molecule has 1 amide bonds. The summed E-state index contributed by atoms with van der Waals surface area (Å²) in [5.41, 5.74) is 5.42. The van der Waals surface area contributed by atoms with Crippen molar-refractivity contribution < 1.29 is 23.1 Å². The number of piperidine rings is 3. The zero-order valence-corrected chi connectivity index (χ0v) is 22.1. The van der Waals surface area contributed by atoms with Gasteiger partial charge < -0.3 is 14.0 Å². The van der Waals surface area contributed by atoms with Crippen molar-refractivity contribution in [2.24, 2.45) is 5.92 Å². The summed E-state index contributed by atoms with van der Waals surface area (Å²) < 4.78 is 26.5. The number of nitrogens with zero attached hydrogens (tertiary/aromatic N) is 2. The lowest BCUT2D eigenvalue weighted by Crippen LogP contribution is -2.65. The first-order valence-electron chi connectivity index (χ1n) is 13.9. The predicted octanol–water partition coefficient (Wildman–Crippen LogP) is 6.06. The highest BCUT2D eigenvalue weighted by Crippen LogP contribution is 2.37. The highest BCUT2D eigenvalue weighted by Gasteiger charge is 2.47. The number of anilines is 1. The van der Waals surface area contributed by atoms with E-state index in [4.69, 9.17) is 9.47 Å². The second kappa shape index (κ2) is 10.4. The molecule has 0 aliphatic carbocycles. The van der Waals surface area contributed by atoms with Gasteiger partial charge in [-0.05, 0) is 59.5 Å². The molecule has 4 heterocycles. The summed E-state index contributed by atoms with van der Waals surface area (Å²) in [5, 5.41) is 0. The number of rotatable bonds is 7. The summed E-state index contributed by atoms with van der Waals surface area (Å²) in [7, 11) is 0. The molecule has 0 aromatic heterocycles. The number of aryl methyl sites for hydroxylation is 1. The Labute approximate surface area is 224 Å². The van der Waals surface area contributed by atoms with Gasteiger partial charge >= 0.3 is 6.09 Å². The molecule has 3 aromatic carbocycles. The Hall–Kier alpha value is -3.38.